The predicted octanol–water partition coefficient (Wildman–Crippen LogP) is 2.99. The molecule has 2 amide bonds. The van der Waals surface area contributed by atoms with Crippen molar-refractivity contribution in [3.05, 3.63) is 53.7 Å². The van der Waals surface area contributed by atoms with Crippen LogP contribution in [-0.2, 0) is 16.1 Å². The maximum atomic E-state index is 13.1. The molecule has 0 spiro atoms. The van der Waals surface area contributed by atoms with Crippen LogP contribution < -0.4 is 15.0 Å². The van der Waals surface area contributed by atoms with Crippen LogP contribution in [0.15, 0.2) is 42.6 Å². The molecular formula is C21H25N3O3. The average molecular weight is 367 g/mol. The number of hydrogen-bond donors (Lipinski definition) is 1. The van der Waals surface area contributed by atoms with Crippen LogP contribution >= 0.6 is 0 Å². The number of aryl methyl sites for hydroxylation is 1. The lowest BCUT2D eigenvalue weighted by Crippen LogP contribution is -2.62. The van der Waals surface area contributed by atoms with Gasteiger partial charge in [-0.2, -0.15) is 0 Å². The molecule has 3 rings (SSSR count). The molecule has 1 aliphatic heterocycles. The van der Waals surface area contributed by atoms with E-state index in [2.05, 4.69) is 17.2 Å². The molecule has 0 bridgehead atoms. The van der Waals surface area contributed by atoms with E-state index in [-0.39, 0.29) is 5.91 Å². The smallest absolute Gasteiger partial charge is 0.282 e. The van der Waals surface area contributed by atoms with Crippen LogP contribution in [0.25, 0.3) is 0 Å². The molecule has 2 aromatic rings. The number of nitrogens with one attached hydrogen (secondary N) is 1. The van der Waals surface area contributed by atoms with Crippen LogP contribution in [0.3, 0.4) is 0 Å². The summed E-state index contributed by atoms with van der Waals surface area (Å²) >= 11 is 0. The predicted molar refractivity (Wildman–Crippen MR) is 104 cm³/mol. The molecule has 0 unspecified atom stereocenters. The minimum Gasteiger partial charge on any atom is -0.464 e. The second-order valence-corrected chi connectivity index (χ2v) is 6.88. The van der Waals surface area contributed by atoms with E-state index in [4.69, 9.17) is 4.74 Å². The van der Waals surface area contributed by atoms with Crippen molar-refractivity contribution < 1.29 is 14.3 Å². The minimum atomic E-state index is -1.62. The highest BCUT2D eigenvalue weighted by Gasteiger charge is 2.50. The monoisotopic (exact) mass is 367 g/mol. The first-order valence-electron chi connectivity index (χ1n) is 9.26. The normalized spacial score (nSPS) is 18.6. The Morgan fingerprint density at radius 3 is 2.78 bits per heavy atom. The largest absolute Gasteiger partial charge is 0.464 e. The van der Waals surface area contributed by atoms with Gasteiger partial charge in [-0.15, -0.1) is 0 Å². The van der Waals surface area contributed by atoms with Gasteiger partial charge >= 0.3 is 0 Å². The summed E-state index contributed by atoms with van der Waals surface area (Å²) in [4.78, 5) is 31.9. The first-order valence-corrected chi connectivity index (χ1v) is 9.26. The first-order chi connectivity index (χ1) is 13.0. The van der Waals surface area contributed by atoms with Crippen molar-refractivity contribution in [2.45, 2.75) is 45.8 Å². The number of rotatable bonds is 6. The van der Waals surface area contributed by atoms with Crippen LogP contribution in [0.5, 0.6) is 5.75 Å². The lowest BCUT2D eigenvalue weighted by Gasteiger charge is -2.38. The Kier molecular flexibility index (Phi) is 5.44. The van der Waals surface area contributed by atoms with Gasteiger partial charge in [-0.3, -0.25) is 14.5 Å². The second-order valence-electron chi connectivity index (χ2n) is 6.88. The fraction of sp³-hybridized carbons (Fsp3) is 0.381. The van der Waals surface area contributed by atoms with E-state index in [1.54, 1.807) is 23.2 Å². The molecule has 142 valence electrons. The Hall–Kier alpha value is -2.89. The summed E-state index contributed by atoms with van der Waals surface area (Å²) in [5.41, 5.74) is 0.465. The lowest BCUT2D eigenvalue weighted by atomic mass is 10.00. The third-order valence-electron chi connectivity index (χ3n) is 4.84. The third kappa shape index (κ3) is 3.65. The molecule has 0 saturated carbocycles. The highest BCUT2D eigenvalue weighted by molar-refractivity contribution is 6.16. The third-order valence-corrected chi connectivity index (χ3v) is 4.84. The molecule has 1 atom stereocenters. The molecule has 1 aromatic heterocycles. The number of pyridine rings is 1. The van der Waals surface area contributed by atoms with Crippen molar-refractivity contribution in [3.8, 4) is 5.75 Å². The van der Waals surface area contributed by atoms with E-state index >= 15 is 0 Å². The highest BCUT2D eigenvalue weighted by atomic mass is 16.5. The molecule has 6 heteroatoms. The molecule has 0 radical (unpaired) electrons. The second kappa shape index (κ2) is 7.78. The van der Waals surface area contributed by atoms with Gasteiger partial charge in [-0.25, -0.2) is 4.98 Å². The van der Waals surface area contributed by atoms with E-state index < -0.39 is 11.5 Å². The highest BCUT2D eigenvalue weighted by Crippen LogP contribution is 2.36. The van der Waals surface area contributed by atoms with Crippen molar-refractivity contribution in [2.75, 3.05) is 11.4 Å². The van der Waals surface area contributed by atoms with Crippen LogP contribution in [0.4, 0.5) is 5.82 Å². The number of benzene rings is 1. The number of nitrogens with zero attached hydrogens (tertiary/aromatic N) is 2. The van der Waals surface area contributed by atoms with Gasteiger partial charge in [0.2, 0.25) is 0 Å². The number of carbonyl (C=O) groups is 2. The fourth-order valence-corrected chi connectivity index (χ4v) is 3.10. The number of hydrogen-bond acceptors (Lipinski definition) is 4. The van der Waals surface area contributed by atoms with Gasteiger partial charge in [0.25, 0.3) is 17.4 Å². The number of anilines is 1. The number of aromatic nitrogens is 1. The molecule has 0 saturated heterocycles. The van der Waals surface area contributed by atoms with E-state index in [0.29, 0.717) is 24.7 Å². The number of ether oxygens (including phenoxy) is 1. The molecule has 2 heterocycles. The molecular weight excluding hydrogens is 342 g/mol. The van der Waals surface area contributed by atoms with E-state index in [9.17, 15) is 9.59 Å². The van der Waals surface area contributed by atoms with E-state index in [1.165, 1.54) is 6.92 Å². The summed E-state index contributed by atoms with van der Waals surface area (Å²) in [6.07, 6.45) is 3.38. The lowest BCUT2D eigenvalue weighted by molar-refractivity contribution is -0.148. The SMILES string of the molecule is CCCCN1C(=O)[C@@](C)(C(=O)NCc2ccccc2C)Oc2cccnc21. The minimum absolute atomic E-state index is 0.340. The maximum Gasteiger partial charge on any atom is 0.282 e. The Morgan fingerprint density at radius 1 is 1.26 bits per heavy atom. The van der Waals surface area contributed by atoms with Crippen LogP contribution in [0.1, 0.15) is 37.8 Å². The Labute approximate surface area is 159 Å². The average Bonchev–Trinajstić information content (AvgIpc) is 2.67. The first kappa shape index (κ1) is 18.9. The molecule has 27 heavy (non-hydrogen) atoms. The summed E-state index contributed by atoms with van der Waals surface area (Å²) in [5, 5.41) is 2.86. The Balaban J connectivity index is 1.84. The van der Waals surface area contributed by atoms with Gasteiger partial charge in [-0.05, 0) is 43.5 Å². The van der Waals surface area contributed by atoms with E-state index in [0.717, 1.165) is 24.0 Å². The topological polar surface area (TPSA) is 71.5 Å². The summed E-state index contributed by atoms with van der Waals surface area (Å²) in [5.74, 6) is 0.0815. The Morgan fingerprint density at radius 2 is 2.04 bits per heavy atom. The zero-order chi connectivity index (χ0) is 19.4. The van der Waals surface area contributed by atoms with Gasteiger partial charge < -0.3 is 10.1 Å². The molecule has 1 N–H and O–H groups in total. The van der Waals surface area contributed by atoms with Crippen molar-refractivity contribution in [3.63, 3.8) is 0 Å². The fourth-order valence-electron chi connectivity index (χ4n) is 3.10. The molecule has 1 aliphatic rings. The van der Waals surface area contributed by atoms with E-state index in [1.807, 2.05) is 31.2 Å². The van der Waals surface area contributed by atoms with Crippen LogP contribution in [0, 0.1) is 6.92 Å². The number of amides is 2. The van der Waals surface area contributed by atoms with Gasteiger partial charge in [-0.1, -0.05) is 37.6 Å². The summed E-state index contributed by atoms with van der Waals surface area (Å²) in [6.45, 7) is 6.41. The standard InChI is InChI=1S/C21H25N3O3/c1-4-5-13-24-18-17(11-8-12-22-18)27-21(3,20(24)26)19(25)23-14-16-10-7-6-9-15(16)2/h6-12H,4-5,13-14H2,1-3H3,(H,23,25)/t21-/m1/s1. The number of unbranched alkanes of at least 4 members (excludes halogenated alkanes) is 1. The van der Waals surface area contributed by atoms with Crippen LogP contribution in [-0.4, -0.2) is 28.9 Å². The zero-order valence-electron chi connectivity index (χ0n) is 16.0. The van der Waals surface area contributed by atoms with Crippen molar-refractivity contribution in [1.82, 2.24) is 10.3 Å². The summed E-state index contributed by atoms with van der Waals surface area (Å²) in [7, 11) is 0. The van der Waals surface area contributed by atoms with Gasteiger partial charge in [0.15, 0.2) is 11.6 Å². The zero-order valence-corrected chi connectivity index (χ0v) is 16.0. The van der Waals surface area contributed by atoms with Gasteiger partial charge in [0, 0.05) is 19.3 Å². The molecule has 6 nitrogen and oxygen atoms in total. The van der Waals surface area contributed by atoms with Gasteiger partial charge in [0.05, 0.1) is 0 Å². The van der Waals surface area contributed by atoms with Crippen molar-refractivity contribution in [2.24, 2.45) is 0 Å². The molecule has 0 aliphatic carbocycles. The quantitative estimate of drug-likeness (QED) is 0.797. The summed E-state index contributed by atoms with van der Waals surface area (Å²) in [6, 6.07) is 11.3. The maximum absolute atomic E-state index is 13.1. The molecule has 0 fully saturated rings. The summed E-state index contributed by atoms with van der Waals surface area (Å²) < 4.78 is 5.86. The Bertz CT molecular complexity index is 852. The van der Waals surface area contributed by atoms with Crippen LogP contribution in [0.2, 0.25) is 0 Å². The molecule has 1 aromatic carbocycles. The number of fused-ring (bicyclic) bond motifs is 1. The number of carbonyl (C=O) groups excluding carboxylic acids is 2. The van der Waals surface area contributed by atoms with Crippen molar-refractivity contribution >= 4 is 17.6 Å². The van der Waals surface area contributed by atoms with Gasteiger partial charge in [0.1, 0.15) is 0 Å². The van der Waals surface area contributed by atoms with Crippen molar-refractivity contribution in [1.29, 1.82) is 0 Å².